The van der Waals surface area contributed by atoms with Crippen LogP contribution < -0.4 is 5.32 Å². The van der Waals surface area contributed by atoms with Crippen molar-refractivity contribution in [3.05, 3.63) is 0 Å². The summed E-state index contributed by atoms with van der Waals surface area (Å²) in [4.78, 5) is 11.3. The molecule has 1 amide bonds. The molecule has 0 radical (unpaired) electrons. The van der Waals surface area contributed by atoms with Crippen molar-refractivity contribution in [2.45, 2.75) is 64.7 Å². The summed E-state index contributed by atoms with van der Waals surface area (Å²) in [6.45, 7) is 10.4. The first-order valence-electron chi connectivity index (χ1n) is 6.86. The molecule has 0 unspecified atom stereocenters. The molecule has 3 nitrogen and oxygen atoms in total. The van der Waals surface area contributed by atoms with E-state index in [2.05, 4.69) is 31.9 Å². The Morgan fingerprint density at radius 2 is 1.76 bits per heavy atom. The van der Waals surface area contributed by atoms with Gasteiger partial charge in [-0.2, -0.15) is 0 Å². The van der Waals surface area contributed by atoms with Gasteiger partial charge in [-0.05, 0) is 12.5 Å². The molecule has 0 rings (SSSR count). The third-order valence-electron chi connectivity index (χ3n) is 2.63. The van der Waals surface area contributed by atoms with Gasteiger partial charge in [-0.3, -0.25) is 0 Å². The first-order chi connectivity index (χ1) is 7.95. The standard InChI is InChI=1S/C13H29NO2Si/c1-5-6-7-8-9-10-14-13(15)16-11-12-17(2,3)4/h5-12H2,1-4H3,(H,14,15). The number of rotatable bonds is 9. The van der Waals surface area contributed by atoms with Crippen LogP contribution in [0.25, 0.3) is 0 Å². The molecule has 17 heavy (non-hydrogen) atoms. The van der Waals surface area contributed by atoms with E-state index in [1.807, 2.05) is 0 Å². The molecule has 102 valence electrons. The summed E-state index contributed by atoms with van der Waals surface area (Å²) in [5.41, 5.74) is 0. The van der Waals surface area contributed by atoms with Crippen LogP contribution in [0.5, 0.6) is 0 Å². The Bertz CT molecular complexity index is 202. The third kappa shape index (κ3) is 13.4. The highest BCUT2D eigenvalue weighted by Gasteiger charge is 2.13. The molecule has 0 heterocycles. The Hall–Kier alpha value is -0.513. The van der Waals surface area contributed by atoms with Gasteiger partial charge in [-0.15, -0.1) is 0 Å². The lowest BCUT2D eigenvalue weighted by Gasteiger charge is -2.15. The molecule has 0 aromatic carbocycles. The lowest BCUT2D eigenvalue weighted by atomic mass is 10.1. The Morgan fingerprint density at radius 3 is 2.35 bits per heavy atom. The first-order valence-corrected chi connectivity index (χ1v) is 10.6. The number of hydrogen-bond acceptors (Lipinski definition) is 2. The SMILES string of the molecule is CCCCCCCNC(=O)OCC[Si](C)(C)C. The molecule has 0 aromatic heterocycles. The van der Waals surface area contributed by atoms with E-state index in [1.165, 1.54) is 25.7 Å². The third-order valence-corrected chi connectivity index (χ3v) is 4.34. The number of hydrogen-bond donors (Lipinski definition) is 1. The zero-order valence-electron chi connectivity index (χ0n) is 12.0. The summed E-state index contributed by atoms with van der Waals surface area (Å²) >= 11 is 0. The molecule has 0 aliphatic heterocycles. The molecule has 0 bridgehead atoms. The summed E-state index contributed by atoms with van der Waals surface area (Å²) in [6.07, 6.45) is 5.82. The van der Waals surface area contributed by atoms with Crippen LogP contribution in [0.4, 0.5) is 4.79 Å². The minimum atomic E-state index is -1.08. The van der Waals surface area contributed by atoms with Crippen molar-refractivity contribution in [2.75, 3.05) is 13.2 Å². The molecule has 4 heteroatoms. The molecule has 0 saturated heterocycles. The Kier molecular flexibility index (Phi) is 9.22. The first kappa shape index (κ1) is 16.5. The second-order valence-corrected chi connectivity index (χ2v) is 11.4. The zero-order chi connectivity index (χ0) is 13.1. The van der Waals surface area contributed by atoms with E-state index in [9.17, 15) is 4.79 Å². The van der Waals surface area contributed by atoms with Gasteiger partial charge in [0.25, 0.3) is 0 Å². The molecular formula is C13H29NO2Si. The van der Waals surface area contributed by atoms with Gasteiger partial charge in [0.15, 0.2) is 0 Å². The molecule has 0 aliphatic rings. The summed E-state index contributed by atoms with van der Waals surface area (Å²) in [7, 11) is -1.08. The van der Waals surface area contributed by atoms with Crippen LogP contribution in [-0.2, 0) is 4.74 Å². The van der Waals surface area contributed by atoms with E-state index in [1.54, 1.807) is 0 Å². The highest BCUT2D eigenvalue weighted by molar-refractivity contribution is 6.76. The molecular weight excluding hydrogens is 230 g/mol. The fraction of sp³-hybridized carbons (Fsp3) is 0.923. The Morgan fingerprint density at radius 1 is 1.12 bits per heavy atom. The van der Waals surface area contributed by atoms with E-state index < -0.39 is 8.07 Å². The van der Waals surface area contributed by atoms with Crippen LogP contribution in [0.1, 0.15) is 39.0 Å². The van der Waals surface area contributed by atoms with Gasteiger partial charge in [-0.25, -0.2) is 4.79 Å². The van der Waals surface area contributed by atoms with Gasteiger partial charge in [0.2, 0.25) is 0 Å². The maximum Gasteiger partial charge on any atom is 0.407 e. The van der Waals surface area contributed by atoms with Crippen LogP contribution in [0.2, 0.25) is 25.7 Å². The highest BCUT2D eigenvalue weighted by atomic mass is 28.3. The van der Waals surface area contributed by atoms with Crippen molar-refractivity contribution in [3.8, 4) is 0 Å². The van der Waals surface area contributed by atoms with Crippen LogP contribution in [0.3, 0.4) is 0 Å². The summed E-state index contributed by atoms with van der Waals surface area (Å²) in [5, 5.41) is 2.80. The van der Waals surface area contributed by atoms with Crippen molar-refractivity contribution in [2.24, 2.45) is 0 Å². The normalized spacial score (nSPS) is 11.3. The molecule has 0 spiro atoms. The molecule has 0 aliphatic carbocycles. The predicted molar refractivity (Wildman–Crippen MR) is 76.3 cm³/mol. The molecule has 0 fully saturated rings. The molecule has 1 N–H and O–H groups in total. The number of carbonyl (C=O) groups excluding carboxylic acids is 1. The van der Waals surface area contributed by atoms with Gasteiger partial charge in [-0.1, -0.05) is 52.2 Å². The van der Waals surface area contributed by atoms with E-state index >= 15 is 0 Å². The van der Waals surface area contributed by atoms with E-state index in [0.29, 0.717) is 6.61 Å². The fourth-order valence-corrected chi connectivity index (χ4v) is 2.13. The van der Waals surface area contributed by atoms with E-state index in [-0.39, 0.29) is 6.09 Å². The van der Waals surface area contributed by atoms with Gasteiger partial charge in [0.1, 0.15) is 0 Å². The quantitative estimate of drug-likeness (QED) is 0.501. The van der Waals surface area contributed by atoms with Gasteiger partial charge >= 0.3 is 6.09 Å². The lowest BCUT2D eigenvalue weighted by molar-refractivity contribution is 0.151. The number of alkyl carbamates (subject to hydrolysis) is 1. The van der Waals surface area contributed by atoms with Gasteiger partial charge in [0.05, 0.1) is 6.61 Å². The summed E-state index contributed by atoms with van der Waals surface area (Å²) in [5.74, 6) is 0. The largest absolute Gasteiger partial charge is 0.450 e. The minimum Gasteiger partial charge on any atom is -0.450 e. The van der Waals surface area contributed by atoms with Crippen molar-refractivity contribution in [3.63, 3.8) is 0 Å². The number of unbranched alkanes of at least 4 members (excludes halogenated alkanes) is 4. The lowest BCUT2D eigenvalue weighted by Crippen LogP contribution is -2.28. The number of ether oxygens (including phenoxy) is 1. The number of amides is 1. The van der Waals surface area contributed by atoms with Crippen LogP contribution >= 0.6 is 0 Å². The van der Waals surface area contributed by atoms with Crippen LogP contribution in [0, 0.1) is 0 Å². The van der Waals surface area contributed by atoms with Crippen molar-refractivity contribution < 1.29 is 9.53 Å². The van der Waals surface area contributed by atoms with Crippen LogP contribution in [0.15, 0.2) is 0 Å². The van der Waals surface area contributed by atoms with Gasteiger partial charge in [0, 0.05) is 14.6 Å². The summed E-state index contributed by atoms with van der Waals surface area (Å²) in [6, 6.07) is 1.04. The second kappa shape index (κ2) is 9.51. The zero-order valence-corrected chi connectivity index (χ0v) is 13.0. The van der Waals surface area contributed by atoms with Gasteiger partial charge < -0.3 is 10.1 Å². The topological polar surface area (TPSA) is 38.3 Å². The van der Waals surface area contributed by atoms with E-state index in [0.717, 1.165) is 19.0 Å². The number of nitrogens with one attached hydrogen (secondary N) is 1. The predicted octanol–water partition coefficient (Wildman–Crippen LogP) is 4.02. The second-order valence-electron chi connectivity index (χ2n) is 5.79. The van der Waals surface area contributed by atoms with E-state index in [4.69, 9.17) is 4.74 Å². The average molecular weight is 259 g/mol. The smallest absolute Gasteiger partial charge is 0.407 e. The average Bonchev–Trinajstić information content (AvgIpc) is 2.21. The van der Waals surface area contributed by atoms with Crippen molar-refractivity contribution >= 4 is 14.2 Å². The van der Waals surface area contributed by atoms with Crippen molar-refractivity contribution in [1.29, 1.82) is 0 Å². The fourth-order valence-electron chi connectivity index (χ4n) is 1.42. The highest BCUT2D eigenvalue weighted by Crippen LogP contribution is 2.07. The summed E-state index contributed by atoms with van der Waals surface area (Å²) < 4.78 is 5.13. The molecule has 0 aromatic rings. The molecule has 0 atom stereocenters. The number of carbonyl (C=O) groups is 1. The van der Waals surface area contributed by atoms with Crippen LogP contribution in [-0.4, -0.2) is 27.3 Å². The maximum atomic E-state index is 11.3. The molecule has 0 saturated carbocycles. The Labute approximate surface area is 107 Å². The minimum absolute atomic E-state index is 0.251. The maximum absolute atomic E-state index is 11.3. The monoisotopic (exact) mass is 259 g/mol. The Balaban J connectivity index is 3.29. The van der Waals surface area contributed by atoms with Crippen molar-refractivity contribution in [1.82, 2.24) is 5.32 Å².